The molecule has 1 amide bonds. The molecule has 0 aliphatic carbocycles. The smallest absolute Gasteiger partial charge is 0.263 e. The minimum atomic E-state index is -0.566. The van der Waals surface area contributed by atoms with Gasteiger partial charge in [-0.2, -0.15) is 0 Å². The molecule has 2 heterocycles. The Morgan fingerprint density at radius 2 is 1.97 bits per heavy atom. The van der Waals surface area contributed by atoms with Crippen molar-refractivity contribution in [1.82, 2.24) is 9.88 Å². The Bertz CT molecular complexity index is 1010. The molecule has 0 radical (unpaired) electrons. The Morgan fingerprint density at radius 3 is 2.69 bits per heavy atom. The van der Waals surface area contributed by atoms with Crippen molar-refractivity contribution in [2.75, 3.05) is 20.2 Å². The maximum atomic E-state index is 12.8. The molecule has 1 aliphatic rings. The number of para-hydroxylation sites is 1. The second-order valence-corrected chi connectivity index (χ2v) is 7.85. The van der Waals surface area contributed by atoms with Crippen LogP contribution in [0, 0.1) is 0 Å². The van der Waals surface area contributed by atoms with Crippen molar-refractivity contribution < 1.29 is 14.3 Å². The van der Waals surface area contributed by atoms with Crippen LogP contribution >= 0.6 is 11.6 Å². The lowest BCUT2D eigenvalue weighted by Crippen LogP contribution is -2.44. The summed E-state index contributed by atoms with van der Waals surface area (Å²) in [5, 5.41) is 1.71. The SMILES string of the molecule is COc1ccc2[nH]cc(C3CCN(C(=O)C(C)Oc4ccccc4Cl)CC3)c2c1. The second kappa shape index (κ2) is 8.37. The summed E-state index contributed by atoms with van der Waals surface area (Å²) in [5.41, 5.74) is 2.41. The van der Waals surface area contributed by atoms with Gasteiger partial charge in [0.05, 0.1) is 12.1 Å². The molecule has 1 unspecified atom stereocenters. The Balaban J connectivity index is 1.40. The molecule has 29 heavy (non-hydrogen) atoms. The molecule has 152 valence electrons. The molecule has 1 saturated heterocycles. The van der Waals surface area contributed by atoms with Crippen LogP contribution in [0.25, 0.3) is 10.9 Å². The first-order valence-electron chi connectivity index (χ1n) is 9.92. The molecule has 0 saturated carbocycles. The number of rotatable bonds is 5. The van der Waals surface area contributed by atoms with Crippen LogP contribution in [-0.4, -0.2) is 42.1 Å². The number of amides is 1. The summed E-state index contributed by atoms with van der Waals surface area (Å²) < 4.78 is 11.2. The number of piperidine rings is 1. The summed E-state index contributed by atoms with van der Waals surface area (Å²) >= 11 is 6.14. The molecule has 1 aromatic heterocycles. The van der Waals surface area contributed by atoms with E-state index in [1.165, 1.54) is 10.9 Å². The number of aromatic amines is 1. The number of likely N-dealkylation sites (tertiary alicyclic amines) is 1. The molecule has 1 aliphatic heterocycles. The van der Waals surface area contributed by atoms with E-state index in [0.717, 1.165) is 37.2 Å². The predicted octanol–water partition coefficient (Wildman–Crippen LogP) is 5.00. The number of halogens is 1. The van der Waals surface area contributed by atoms with Gasteiger partial charge in [0.1, 0.15) is 11.5 Å². The quantitative estimate of drug-likeness (QED) is 0.641. The number of hydrogen-bond donors (Lipinski definition) is 1. The van der Waals surface area contributed by atoms with Crippen LogP contribution in [0.3, 0.4) is 0 Å². The minimum Gasteiger partial charge on any atom is -0.497 e. The van der Waals surface area contributed by atoms with Crippen molar-refractivity contribution in [3.05, 3.63) is 59.2 Å². The van der Waals surface area contributed by atoms with Gasteiger partial charge in [-0.3, -0.25) is 4.79 Å². The topological polar surface area (TPSA) is 54.6 Å². The van der Waals surface area contributed by atoms with Crippen LogP contribution in [-0.2, 0) is 4.79 Å². The van der Waals surface area contributed by atoms with Gasteiger partial charge in [-0.25, -0.2) is 0 Å². The lowest BCUT2D eigenvalue weighted by molar-refractivity contribution is -0.139. The van der Waals surface area contributed by atoms with Crippen LogP contribution in [0.1, 0.15) is 31.2 Å². The van der Waals surface area contributed by atoms with E-state index in [1.807, 2.05) is 29.2 Å². The zero-order valence-electron chi connectivity index (χ0n) is 16.7. The van der Waals surface area contributed by atoms with Crippen LogP contribution in [0.15, 0.2) is 48.7 Å². The monoisotopic (exact) mass is 412 g/mol. The van der Waals surface area contributed by atoms with Gasteiger partial charge in [0.15, 0.2) is 6.10 Å². The maximum absolute atomic E-state index is 12.8. The fraction of sp³-hybridized carbons (Fsp3) is 0.348. The number of ether oxygens (including phenoxy) is 2. The summed E-state index contributed by atoms with van der Waals surface area (Å²) in [5.74, 6) is 1.82. The summed E-state index contributed by atoms with van der Waals surface area (Å²) in [6.45, 7) is 3.22. The van der Waals surface area contributed by atoms with Crippen molar-refractivity contribution in [2.45, 2.75) is 31.8 Å². The van der Waals surface area contributed by atoms with E-state index >= 15 is 0 Å². The van der Waals surface area contributed by atoms with Gasteiger partial charge in [-0.15, -0.1) is 0 Å². The van der Waals surface area contributed by atoms with Gasteiger partial charge in [0, 0.05) is 30.2 Å². The third-order valence-electron chi connectivity index (χ3n) is 5.66. The molecule has 1 atom stereocenters. The third-order valence-corrected chi connectivity index (χ3v) is 5.97. The van der Waals surface area contributed by atoms with Crippen molar-refractivity contribution in [3.8, 4) is 11.5 Å². The molecule has 3 aromatic rings. The molecule has 5 nitrogen and oxygen atoms in total. The highest BCUT2D eigenvalue weighted by atomic mass is 35.5. The number of nitrogens with one attached hydrogen (secondary N) is 1. The zero-order chi connectivity index (χ0) is 20.4. The van der Waals surface area contributed by atoms with E-state index in [9.17, 15) is 4.79 Å². The predicted molar refractivity (Wildman–Crippen MR) is 115 cm³/mol. The van der Waals surface area contributed by atoms with Gasteiger partial charge < -0.3 is 19.4 Å². The zero-order valence-corrected chi connectivity index (χ0v) is 17.4. The van der Waals surface area contributed by atoms with E-state index in [2.05, 4.69) is 17.2 Å². The molecule has 1 fully saturated rings. The average Bonchev–Trinajstić information content (AvgIpc) is 3.18. The van der Waals surface area contributed by atoms with Gasteiger partial charge in [-0.1, -0.05) is 23.7 Å². The molecular formula is C23H25ClN2O3. The molecule has 0 spiro atoms. The average molecular weight is 413 g/mol. The lowest BCUT2D eigenvalue weighted by atomic mass is 9.89. The number of carbonyl (C=O) groups is 1. The summed E-state index contributed by atoms with van der Waals surface area (Å²) in [6.07, 6.45) is 3.38. The standard InChI is InChI=1S/C23H25ClN2O3/c1-15(29-22-6-4-3-5-20(22)24)23(27)26-11-9-16(10-12-26)19-14-25-21-8-7-17(28-2)13-18(19)21/h3-8,13-16,25H,9-12H2,1-2H3. The molecule has 1 N–H and O–H groups in total. The number of benzene rings is 2. The molecular weight excluding hydrogens is 388 g/mol. The van der Waals surface area contributed by atoms with Crippen LogP contribution < -0.4 is 9.47 Å². The number of methoxy groups -OCH3 is 1. The highest BCUT2D eigenvalue weighted by Crippen LogP contribution is 2.35. The summed E-state index contributed by atoms with van der Waals surface area (Å²) in [4.78, 5) is 18.1. The normalized spacial score (nSPS) is 16.0. The molecule has 2 aromatic carbocycles. The highest BCUT2D eigenvalue weighted by molar-refractivity contribution is 6.32. The van der Waals surface area contributed by atoms with Crippen molar-refractivity contribution in [1.29, 1.82) is 0 Å². The van der Waals surface area contributed by atoms with E-state index < -0.39 is 6.10 Å². The Morgan fingerprint density at radius 1 is 1.21 bits per heavy atom. The highest BCUT2D eigenvalue weighted by Gasteiger charge is 2.29. The Kier molecular flexibility index (Phi) is 5.67. The number of carbonyl (C=O) groups excluding carboxylic acids is 1. The van der Waals surface area contributed by atoms with Gasteiger partial charge in [0.2, 0.25) is 0 Å². The molecule has 4 rings (SSSR count). The summed E-state index contributed by atoms with van der Waals surface area (Å²) in [7, 11) is 1.68. The van der Waals surface area contributed by atoms with E-state index in [0.29, 0.717) is 16.7 Å². The largest absolute Gasteiger partial charge is 0.497 e. The maximum Gasteiger partial charge on any atom is 0.263 e. The second-order valence-electron chi connectivity index (χ2n) is 7.45. The van der Waals surface area contributed by atoms with Crippen LogP contribution in [0.5, 0.6) is 11.5 Å². The van der Waals surface area contributed by atoms with E-state index in [1.54, 1.807) is 26.2 Å². The number of H-pyrrole nitrogens is 1. The van der Waals surface area contributed by atoms with Crippen molar-refractivity contribution in [2.24, 2.45) is 0 Å². The third kappa shape index (κ3) is 4.06. The van der Waals surface area contributed by atoms with Crippen molar-refractivity contribution in [3.63, 3.8) is 0 Å². The number of nitrogens with zero attached hydrogens (tertiary/aromatic N) is 1. The first-order valence-corrected chi connectivity index (χ1v) is 10.3. The van der Waals surface area contributed by atoms with E-state index in [4.69, 9.17) is 21.1 Å². The van der Waals surface area contributed by atoms with Gasteiger partial charge in [0.25, 0.3) is 5.91 Å². The lowest BCUT2D eigenvalue weighted by Gasteiger charge is -2.33. The fourth-order valence-electron chi connectivity index (χ4n) is 4.04. The number of fused-ring (bicyclic) bond motifs is 1. The Labute approximate surface area is 175 Å². The van der Waals surface area contributed by atoms with E-state index in [-0.39, 0.29) is 5.91 Å². The summed E-state index contributed by atoms with van der Waals surface area (Å²) in [6, 6.07) is 13.3. The Hall–Kier alpha value is -2.66. The number of hydrogen-bond acceptors (Lipinski definition) is 3. The number of aromatic nitrogens is 1. The minimum absolute atomic E-state index is 0.00367. The first-order chi connectivity index (χ1) is 14.1. The van der Waals surface area contributed by atoms with Crippen molar-refractivity contribution >= 4 is 28.4 Å². The fourth-order valence-corrected chi connectivity index (χ4v) is 4.22. The van der Waals surface area contributed by atoms with Crippen LogP contribution in [0.4, 0.5) is 0 Å². The van der Waals surface area contributed by atoms with Gasteiger partial charge >= 0.3 is 0 Å². The first kappa shape index (κ1) is 19.6. The molecule has 0 bridgehead atoms. The molecule has 6 heteroatoms. The van der Waals surface area contributed by atoms with Crippen LogP contribution in [0.2, 0.25) is 5.02 Å². The van der Waals surface area contributed by atoms with Gasteiger partial charge in [-0.05, 0) is 61.6 Å².